The summed E-state index contributed by atoms with van der Waals surface area (Å²) in [5, 5.41) is 4.00. The predicted molar refractivity (Wildman–Crippen MR) is 111 cm³/mol. The molecule has 0 fully saturated rings. The highest BCUT2D eigenvalue weighted by Gasteiger charge is 2.21. The number of hydrogen-bond acceptors (Lipinski definition) is 3. The van der Waals surface area contributed by atoms with E-state index in [1.54, 1.807) is 24.3 Å². The molecule has 0 aliphatic heterocycles. The number of amides is 1. The highest BCUT2D eigenvalue weighted by Crippen LogP contribution is 2.24. The first-order valence-electron chi connectivity index (χ1n) is 9.02. The molecule has 0 spiro atoms. The van der Waals surface area contributed by atoms with Gasteiger partial charge in [0, 0.05) is 29.9 Å². The van der Waals surface area contributed by atoms with Gasteiger partial charge in [-0.2, -0.15) is 0 Å². The van der Waals surface area contributed by atoms with Crippen LogP contribution in [0.5, 0.6) is 0 Å². The first-order chi connectivity index (χ1) is 13.3. The molecule has 0 unspecified atom stereocenters. The van der Waals surface area contributed by atoms with E-state index in [2.05, 4.69) is 10.3 Å². The molecule has 0 radical (unpaired) electrons. The van der Waals surface area contributed by atoms with Crippen molar-refractivity contribution in [2.45, 2.75) is 32.2 Å². The van der Waals surface area contributed by atoms with Crippen molar-refractivity contribution >= 4 is 28.4 Å². The first-order valence-corrected chi connectivity index (χ1v) is 9.40. The van der Waals surface area contributed by atoms with Gasteiger partial charge in [-0.3, -0.25) is 19.1 Å². The Morgan fingerprint density at radius 1 is 1.14 bits per heavy atom. The van der Waals surface area contributed by atoms with Gasteiger partial charge in [0.2, 0.25) is 5.91 Å². The van der Waals surface area contributed by atoms with Crippen molar-refractivity contribution in [1.29, 1.82) is 0 Å². The first kappa shape index (κ1) is 19.9. The van der Waals surface area contributed by atoms with Crippen molar-refractivity contribution in [3.8, 4) is 0 Å². The Morgan fingerprint density at radius 2 is 1.89 bits per heavy atom. The number of fused-ring (bicyclic) bond motifs is 1. The van der Waals surface area contributed by atoms with E-state index < -0.39 is 11.2 Å². The molecule has 0 aliphatic rings. The lowest BCUT2D eigenvalue weighted by atomic mass is 9.84. The van der Waals surface area contributed by atoms with Gasteiger partial charge in [0.15, 0.2) is 0 Å². The second-order valence-corrected chi connectivity index (χ2v) is 7.79. The summed E-state index contributed by atoms with van der Waals surface area (Å²) < 4.78 is 1.42. The van der Waals surface area contributed by atoms with Crippen LogP contribution in [0.4, 0.5) is 0 Å². The summed E-state index contributed by atoms with van der Waals surface area (Å²) in [7, 11) is 0. The molecule has 146 valence electrons. The van der Waals surface area contributed by atoms with Crippen molar-refractivity contribution in [2.75, 3.05) is 6.54 Å². The maximum absolute atomic E-state index is 12.4. The number of nitrogens with zero attached hydrogens (tertiary/aromatic N) is 1. The monoisotopic (exact) mass is 399 g/mol. The Bertz CT molecular complexity index is 1130. The molecular weight excluding hydrogens is 378 g/mol. The molecule has 0 saturated heterocycles. The highest BCUT2D eigenvalue weighted by molar-refractivity contribution is 6.30. The van der Waals surface area contributed by atoms with E-state index in [9.17, 15) is 14.4 Å². The molecule has 7 heteroatoms. The molecule has 1 amide bonds. The summed E-state index contributed by atoms with van der Waals surface area (Å²) in [6.45, 7) is 4.67. The van der Waals surface area contributed by atoms with E-state index >= 15 is 0 Å². The average molecular weight is 400 g/mol. The van der Waals surface area contributed by atoms with Gasteiger partial charge in [-0.15, -0.1) is 0 Å². The van der Waals surface area contributed by atoms with E-state index in [0.29, 0.717) is 22.5 Å². The zero-order valence-electron chi connectivity index (χ0n) is 15.8. The quantitative estimate of drug-likeness (QED) is 0.668. The van der Waals surface area contributed by atoms with Crippen molar-refractivity contribution < 1.29 is 4.79 Å². The van der Waals surface area contributed by atoms with Crippen LogP contribution in [-0.4, -0.2) is 22.0 Å². The molecular formula is C21H22ClN3O3. The fraction of sp³-hybridized carbons (Fsp3) is 0.286. The molecule has 1 heterocycles. The van der Waals surface area contributed by atoms with E-state index in [0.717, 1.165) is 5.56 Å². The Balaban J connectivity index is 1.68. The lowest BCUT2D eigenvalue weighted by Crippen LogP contribution is -2.38. The van der Waals surface area contributed by atoms with E-state index in [1.807, 2.05) is 38.1 Å². The zero-order valence-corrected chi connectivity index (χ0v) is 16.5. The molecule has 0 bridgehead atoms. The maximum Gasteiger partial charge on any atom is 0.328 e. The minimum Gasteiger partial charge on any atom is -0.355 e. The third kappa shape index (κ3) is 4.34. The van der Waals surface area contributed by atoms with E-state index in [1.165, 1.54) is 4.57 Å². The van der Waals surface area contributed by atoms with Gasteiger partial charge >= 0.3 is 5.69 Å². The third-order valence-electron chi connectivity index (χ3n) is 4.80. The smallest absolute Gasteiger partial charge is 0.328 e. The lowest BCUT2D eigenvalue weighted by Gasteiger charge is -2.26. The van der Waals surface area contributed by atoms with Gasteiger partial charge in [0.05, 0.1) is 10.9 Å². The Kier molecular flexibility index (Phi) is 5.70. The maximum atomic E-state index is 12.4. The number of benzene rings is 2. The number of hydrogen-bond donors (Lipinski definition) is 2. The summed E-state index contributed by atoms with van der Waals surface area (Å²) in [5.74, 6) is -0.169. The number of H-pyrrole nitrogens is 1. The molecule has 6 nitrogen and oxygen atoms in total. The van der Waals surface area contributed by atoms with Gasteiger partial charge < -0.3 is 5.32 Å². The number of aryl methyl sites for hydroxylation is 1. The van der Waals surface area contributed by atoms with Crippen LogP contribution in [0, 0.1) is 0 Å². The van der Waals surface area contributed by atoms with Crippen LogP contribution in [-0.2, 0) is 16.8 Å². The SMILES string of the molecule is CC(C)(CNC(=O)CCn1c(=O)[nH]c(=O)c2ccccc21)c1cccc(Cl)c1. The molecule has 3 rings (SSSR count). The predicted octanol–water partition coefficient (Wildman–Crippen LogP) is 2.83. The molecule has 3 aromatic rings. The zero-order chi connectivity index (χ0) is 20.3. The van der Waals surface area contributed by atoms with Gasteiger partial charge in [0.1, 0.15) is 0 Å². The fourth-order valence-electron chi connectivity index (χ4n) is 3.10. The molecule has 28 heavy (non-hydrogen) atoms. The lowest BCUT2D eigenvalue weighted by molar-refractivity contribution is -0.121. The van der Waals surface area contributed by atoms with Crippen molar-refractivity contribution in [3.63, 3.8) is 0 Å². The normalized spacial score (nSPS) is 11.5. The van der Waals surface area contributed by atoms with Gasteiger partial charge in [-0.05, 0) is 29.8 Å². The number of carbonyl (C=O) groups excluding carboxylic acids is 1. The molecule has 2 N–H and O–H groups in total. The molecule has 2 aromatic carbocycles. The summed E-state index contributed by atoms with van der Waals surface area (Å²) in [6, 6.07) is 14.4. The van der Waals surface area contributed by atoms with Crippen molar-refractivity contribution in [3.05, 3.63) is 80.0 Å². The van der Waals surface area contributed by atoms with Crippen molar-refractivity contribution in [2.24, 2.45) is 0 Å². The van der Waals surface area contributed by atoms with E-state index in [-0.39, 0.29) is 24.3 Å². The van der Waals surface area contributed by atoms with Crippen LogP contribution in [0.15, 0.2) is 58.1 Å². The van der Waals surface area contributed by atoms with Crippen LogP contribution in [0.1, 0.15) is 25.8 Å². The average Bonchev–Trinajstić information content (AvgIpc) is 2.66. The number of aromatic amines is 1. The van der Waals surface area contributed by atoms with Crippen LogP contribution in [0.2, 0.25) is 5.02 Å². The number of aromatic nitrogens is 2. The van der Waals surface area contributed by atoms with Crippen LogP contribution in [0.25, 0.3) is 10.9 Å². The standard InChI is InChI=1S/C21H22ClN3O3/c1-21(2,14-6-5-7-15(22)12-14)13-23-18(26)10-11-25-17-9-4-3-8-16(17)19(27)24-20(25)28/h3-9,12H,10-11,13H2,1-2H3,(H,23,26)(H,24,27,28). The molecule has 0 aliphatic carbocycles. The third-order valence-corrected chi connectivity index (χ3v) is 5.04. The second-order valence-electron chi connectivity index (χ2n) is 7.35. The largest absolute Gasteiger partial charge is 0.355 e. The number of para-hydroxylation sites is 1. The summed E-state index contributed by atoms with van der Waals surface area (Å²) in [4.78, 5) is 38.7. The van der Waals surface area contributed by atoms with Crippen LogP contribution >= 0.6 is 11.6 Å². The van der Waals surface area contributed by atoms with Gasteiger partial charge in [-0.1, -0.05) is 49.7 Å². The fourth-order valence-corrected chi connectivity index (χ4v) is 3.29. The number of rotatable bonds is 6. The minimum absolute atomic E-state index is 0.127. The Morgan fingerprint density at radius 3 is 2.64 bits per heavy atom. The number of halogens is 1. The van der Waals surface area contributed by atoms with Crippen molar-refractivity contribution in [1.82, 2.24) is 14.9 Å². The number of nitrogens with one attached hydrogen (secondary N) is 2. The molecule has 0 saturated carbocycles. The summed E-state index contributed by atoms with van der Waals surface area (Å²) in [6.07, 6.45) is 0.127. The van der Waals surface area contributed by atoms with Gasteiger partial charge in [0.25, 0.3) is 5.56 Å². The Hall–Kier alpha value is -2.86. The summed E-state index contributed by atoms with van der Waals surface area (Å²) >= 11 is 6.06. The van der Waals surface area contributed by atoms with Crippen LogP contribution < -0.4 is 16.6 Å². The highest BCUT2D eigenvalue weighted by atomic mass is 35.5. The topological polar surface area (TPSA) is 84.0 Å². The molecule has 0 atom stereocenters. The van der Waals surface area contributed by atoms with E-state index in [4.69, 9.17) is 11.6 Å². The summed E-state index contributed by atoms with van der Waals surface area (Å²) in [5.41, 5.74) is 0.314. The molecule has 1 aromatic heterocycles. The second kappa shape index (κ2) is 8.02. The van der Waals surface area contributed by atoms with Crippen LogP contribution in [0.3, 0.4) is 0 Å². The Labute approximate surface area is 167 Å². The number of carbonyl (C=O) groups is 1. The minimum atomic E-state index is -0.518. The van der Waals surface area contributed by atoms with Gasteiger partial charge in [-0.25, -0.2) is 4.79 Å².